The van der Waals surface area contributed by atoms with Crippen LogP contribution in [0.25, 0.3) is 0 Å². The molecule has 1 heterocycles. The highest BCUT2D eigenvalue weighted by molar-refractivity contribution is 6.42. The van der Waals surface area contributed by atoms with Crippen LogP contribution in [0.1, 0.15) is 5.56 Å². The van der Waals surface area contributed by atoms with Gasteiger partial charge in [-0.2, -0.15) is 5.26 Å². The maximum Gasteiger partial charge on any atom is 0.143 e. The lowest BCUT2D eigenvalue weighted by Crippen LogP contribution is -2.27. The molecule has 2 aromatic rings. The van der Waals surface area contributed by atoms with Gasteiger partial charge in [0.05, 0.1) is 10.6 Å². The molecule has 0 saturated heterocycles. The molecule has 0 aliphatic heterocycles. The molecule has 0 spiro atoms. The molecule has 0 aliphatic carbocycles. The molecule has 1 unspecified atom stereocenters. The zero-order valence-corrected chi connectivity index (χ0v) is 13.0. The number of benzene rings is 1. The first-order chi connectivity index (χ1) is 10.6. The SMILES string of the molecule is N#Cc1cccnc1NCC(O)COc1cccc(Cl)c1Cl. The van der Waals surface area contributed by atoms with Crippen molar-refractivity contribution in [2.75, 3.05) is 18.5 Å². The van der Waals surface area contributed by atoms with Crippen LogP contribution < -0.4 is 10.1 Å². The van der Waals surface area contributed by atoms with E-state index in [9.17, 15) is 5.11 Å². The van der Waals surface area contributed by atoms with Crippen molar-refractivity contribution in [2.45, 2.75) is 6.10 Å². The predicted molar refractivity (Wildman–Crippen MR) is 85.4 cm³/mol. The quantitative estimate of drug-likeness (QED) is 0.846. The molecule has 1 aromatic heterocycles. The highest BCUT2D eigenvalue weighted by Crippen LogP contribution is 2.31. The minimum absolute atomic E-state index is 0.0295. The van der Waals surface area contributed by atoms with E-state index in [1.54, 1.807) is 36.5 Å². The van der Waals surface area contributed by atoms with Crippen molar-refractivity contribution in [3.05, 3.63) is 52.1 Å². The highest BCUT2D eigenvalue weighted by Gasteiger charge is 2.10. The second kappa shape index (κ2) is 7.85. The fourth-order valence-electron chi connectivity index (χ4n) is 1.69. The molecule has 5 nitrogen and oxygen atoms in total. The van der Waals surface area contributed by atoms with E-state index < -0.39 is 6.10 Å². The number of anilines is 1. The second-order valence-electron chi connectivity index (χ2n) is 4.41. The van der Waals surface area contributed by atoms with Gasteiger partial charge in [-0.15, -0.1) is 0 Å². The molecule has 2 rings (SSSR count). The van der Waals surface area contributed by atoms with Crippen molar-refractivity contribution < 1.29 is 9.84 Å². The maximum atomic E-state index is 9.92. The first kappa shape index (κ1) is 16.4. The van der Waals surface area contributed by atoms with Gasteiger partial charge in [0.2, 0.25) is 0 Å². The van der Waals surface area contributed by atoms with Gasteiger partial charge in [-0.1, -0.05) is 29.3 Å². The van der Waals surface area contributed by atoms with E-state index in [2.05, 4.69) is 10.3 Å². The van der Waals surface area contributed by atoms with Gasteiger partial charge >= 0.3 is 0 Å². The number of pyridine rings is 1. The number of aromatic nitrogens is 1. The molecule has 0 fully saturated rings. The van der Waals surface area contributed by atoms with E-state index in [0.29, 0.717) is 27.2 Å². The van der Waals surface area contributed by atoms with Crippen LogP contribution in [0.4, 0.5) is 5.82 Å². The predicted octanol–water partition coefficient (Wildman–Crippen LogP) is 3.11. The average Bonchev–Trinajstić information content (AvgIpc) is 2.54. The minimum Gasteiger partial charge on any atom is -0.489 e. The Morgan fingerprint density at radius 3 is 2.91 bits per heavy atom. The van der Waals surface area contributed by atoms with E-state index in [1.165, 1.54) is 0 Å². The van der Waals surface area contributed by atoms with Crippen LogP contribution in [-0.2, 0) is 0 Å². The fourth-order valence-corrected chi connectivity index (χ4v) is 2.04. The molecule has 1 aromatic carbocycles. The molecular formula is C15H13Cl2N3O2. The summed E-state index contributed by atoms with van der Waals surface area (Å²) in [5, 5.41) is 22.5. The van der Waals surface area contributed by atoms with Gasteiger partial charge in [0, 0.05) is 12.7 Å². The Morgan fingerprint density at radius 2 is 2.14 bits per heavy atom. The van der Waals surface area contributed by atoms with Crippen molar-refractivity contribution >= 4 is 29.0 Å². The van der Waals surface area contributed by atoms with E-state index in [-0.39, 0.29) is 13.2 Å². The molecule has 0 amide bonds. The van der Waals surface area contributed by atoms with Crippen LogP contribution >= 0.6 is 23.2 Å². The number of hydrogen-bond donors (Lipinski definition) is 2. The number of hydrogen-bond acceptors (Lipinski definition) is 5. The number of ether oxygens (including phenoxy) is 1. The van der Waals surface area contributed by atoms with Gasteiger partial charge in [-0.3, -0.25) is 0 Å². The normalized spacial score (nSPS) is 11.5. The molecule has 1 atom stereocenters. The van der Waals surface area contributed by atoms with Crippen molar-refractivity contribution in [3.63, 3.8) is 0 Å². The van der Waals surface area contributed by atoms with Crippen LogP contribution in [-0.4, -0.2) is 29.3 Å². The summed E-state index contributed by atoms with van der Waals surface area (Å²) in [5.41, 5.74) is 0.411. The fraction of sp³-hybridized carbons (Fsp3) is 0.200. The number of rotatable bonds is 6. The van der Waals surface area contributed by atoms with Crippen molar-refractivity contribution in [1.29, 1.82) is 5.26 Å². The molecule has 114 valence electrons. The average molecular weight is 338 g/mol. The largest absolute Gasteiger partial charge is 0.489 e. The van der Waals surface area contributed by atoms with Crippen LogP contribution in [0.5, 0.6) is 5.75 Å². The van der Waals surface area contributed by atoms with Gasteiger partial charge in [0.1, 0.15) is 35.4 Å². The van der Waals surface area contributed by atoms with Crippen LogP contribution in [0, 0.1) is 11.3 Å². The number of nitrogens with zero attached hydrogens (tertiary/aromatic N) is 2. The third-order valence-electron chi connectivity index (χ3n) is 2.78. The summed E-state index contributed by atoms with van der Waals surface area (Å²) in [6, 6.07) is 10.4. The first-order valence-electron chi connectivity index (χ1n) is 6.45. The van der Waals surface area contributed by atoms with E-state index in [0.717, 1.165) is 0 Å². The van der Waals surface area contributed by atoms with Crippen molar-refractivity contribution in [2.24, 2.45) is 0 Å². The summed E-state index contributed by atoms with van der Waals surface area (Å²) in [7, 11) is 0. The molecule has 22 heavy (non-hydrogen) atoms. The topological polar surface area (TPSA) is 78.2 Å². The van der Waals surface area contributed by atoms with Gasteiger partial charge in [-0.25, -0.2) is 4.98 Å². The Bertz CT molecular complexity index is 689. The number of aliphatic hydroxyl groups is 1. The lowest BCUT2D eigenvalue weighted by Gasteiger charge is -2.15. The van der Waals surface area contributed by atoms with Gasteiger partial charge in [0.15, 0.2) is 0 Å². The zero-order chi connectivity index (χ0) is 15.9. The third-order valence-corrected chi connectivity index (χ3v) is 3.58. The van der Waals surface area contributed by atoms with E-state index in [1.807, 2.05) is 6.07 Å². The monoisotopic (exact) mass is 337 g/mol. The molecule has 2 N–H and O–H groups in total. The van der Waals surface area contributed by atoms with Gasteiger partial charge in [-0.05, 0) is 24.3 Å². The molecule has 0 saturated carbocycles. The lowest BCUT2D eigenvalue weighted by molar-refractivity contribution is 0.117. The molecule has 0 bridgehead atoms. The first-order valence-corrected chi connectivity index (χ1v) is 7.21. The maximum absolute atomic E-state index is 9.92. The Hall–Kier alpha value is -2.00. The summed E-state index contributed by atoms with van der Waals surface area (Å²) < 4.78 is 5.43. The van der Waals surface area contributed by atoms with Gasteiger partial charge in [0.25, 0.3) is 0 Å². The number of nitrogens with one attached hydrogen (secondary N) is 1. The minimum atomic E-state index is -0.802. The van der Waals surface area contributed by atoms with Crippen LogP contribution in [0.3, 0.4) is 0 Å². The molecule has 7 heteroatoms. The smallest absolute Gasteiger partial charge is 0.143 e. The Morgan fingerprint density at radius 1 is 1.32 bits per heavy atom. The standard InChI is InChI=1S/C15H13Cl2N3O2/c16-12-4-1-5-13(14(12)17)22-9-11(21)8-20-15-10(7-18)3-2-6-19-15/h1-6,11,21H,8-9H2,(H,19,20). The highest BCUT2D eigenvalue weighted by atomic mass is 35.5. The lowest BCUT2D eigenvalue weighted by atomic mass is 10.2. The Balaban J connectivity index is 1.87. The van der Waals surface area contributed by atoms with E-state index >= 15 is 0 Å². The van der Waals surface area contributed by atoms with Crippen LogP contribution in [0.15, 0.2) is 36.5 Å². The summed E-state index contributed by atoms with van der Waals surface area (Å²) in [6.45, 7) is 0.214. The van der Waals surface area contributed by atoms with Crippen LogP contribution in [0.2, 0.25) is 10.0 Å². The number of nitriles is 1. The summed E-state index contributed by atoms with van der Waals surface area (Å²) in [6.07, 6.45) is 0.765. The van der Waals surface area contributed by atoms with Crippen molar-refractivity contribution in [1.82, 2.24) is 4.98 Å². The Labute approximate surface area is 138 Å². The molecule has 0 radical (unpaired) electrons. The molecular weight excluding hydrogens is 325 g/mol. The van der Waals surface area contributed by atoms with E-state index in [4.69, 9.17) is 33.2 Å². The van der Waals surface area contributed by atoms with Gasteiger partial charge < -0.3 is 15.2 Å². The Kier molecular flexibility index (Phi) is 5.84. The summed E-state index contributed by atoms with van der Waals surface area (Å²) in [4.78, 5) is 4.04. The number of aliphatic hydroxyl groups excluding tert-OH is 1. The zero-order valence-electron chi connectivity index (χ0n) is 11.5. The molecule has 0 aliphatic rings. The van der Waals surface area contributed by atoms with Crippen molar-refractivity contribution in [3.8, 4) is 11.8 Å². The number of halogens is 2. The summed E-state index contributed by atoms with van der Waals surface area (Å²) in [5.74, 6) is 0.827. The third kappa shape index (κ3) is 4.25. The second-order valence-corrected chi connectivity index (χ2v) is 5.19. The summed E-state index contributed by atoms with van der Waals surface area (Å²) >= 11 is 11.9.